The zero-order chi connectivity index (χ0) is 23.6. The first-order chi connectivity index (χ1) is 16.0. The summed E-state index contributed by atoms with van der Waals surface area (Å²) in [6.45, 7) is 2.08. The normalized spacial score (nSPS) is 11.2. The van der Waals surface area contributed by atoms with Crippen molar-refractivity contribution in [1.29, 1.82) is 0 Å². The van der Waals surface area contributed by atoms with E-state index in [1.165, 1.54) is 14.2 Å². The standard InChI is InChI=1S/C25H26N2O6/c1-17(19-6-9-21(10-7-19)32-15-18-5-4-12-26-14-18)27-25(29)20-8-11-22(23(13-20)30-2)33-16-24(28)31-3/h4-14,17H,15-16H2,1-3H3,(H,27,29). The quantitative estimate of drug-likeness (QED) is 0.471. The van der Waals surface area contributed by atoms with Gasteiger partial charge in [0.1, 0.15) is 12.4 Å². The molecule has 1 heterocycles. The zero-order valence-corrected chi connectivity index (χ0v) is 18.7. The number of hydrogen-bond donors (Lipinski definition) is 1. The smallest absolute Gasteiger partial charge is 0.343 e. The number of ether oxygens (including phenoxy) is 4. The molecule has 172 valence electrons. The third-order valence-corrected chi connectivity index (χ3v) is 4.86. The fourth-order valence-corrected chi connectivity index (χ4v) is 2.99. The van der Waals surface area contributed by atoms with Gasteiger partial charge in [-0.3, -0.25) is 9.78 Å². The van der Waals surface area contributed by atoms with Crippen LogP contribution in [0.3, 0.4) is 0 Å². The summed E-state index contributed by atoms with van der Waals surface area (Å²) in [5, 5.41) is 2.96. The van der Waals surface area contributed by atoms with E-state index in [2.05, 4.69) is 15.0 Å². The van der Waals surface area contributed by atoms with Crippen LogP contribution in [0.25, 0.3) is 0 Å². The van der Waals surface area contributed by atoms with Crippen molar-refractivity contribution in [3.8, 4) is 17.2 Å². The molecule has 33 heavy (non-hydrogen) atoms. The highest BCUT2D eigenvalue weighted by atomic mass is 16.6. The number of pyridine rings is 1. The summed E-state index contributed by atoms with van der Waals surface area (Å²) in [6, 6.07) is 15.9. The summed E-state index contributed by atoms with van der Waals surface area (Å²) in [5.74, 6) is 0.635. The van der Waals surface area contributed by atoms with Crippen LogP contribution in [0, 0.1) is 0 Å². The molecule has 0 bridgehead atoms. The van der Waals surface area contributed by atoms with Crippen LogP contribution in [0.1, 0.15) is 34.5 Å². The second-order valence-corrected chi connectivity index (χ2v) is 7.14. The molecule has 0 radical (unpaired) electrons. The molecular weight excluding hydrogens is 424 g/mol. The molecule has 0 fully saturated rings. The summed E-state index contributed by atoms with van der Waals surface area (Å²) < 4.78 is 21.0. The predicted octanol–water partition coefficient (Wildman–Crippen LogP) is 3.71. The van der Waals surface area contributed by atoms with Crippen LogP contribution in [0.2, 0.25) is 0 Å². The van der Waals surface area contributed by atoms with E-state index < -0.39 is 5.97 Å². The summed E-state index contributed by atoms with van der Waals surface area (Å²) in [7, 11) is 2.74. The molecule has 0 saturated heterocycles. The van der Waals surface area contributed by atoms with Gasteiger partial charge in [0.2, 0.25) is 0 Å². The molecule has 1 atom stereocenters. The Morgan fingerprint density at radius 3 is 2.45 bits per heavy atom. The van der Waals surface area contributed by atoms with Gasteiger partial charge in [0.25, 0.3) is 5.91 Å². The number of methoxy groups -OCH3 is 2. The number of carbonyl (C=O) groups excluding carboxylic acids is 2. The van der Waals surface area contributed by atoms with Crippen molar-refractivity contribution in [1.82, 2.24) is 10.3 Å². The Hall–Kier alpha value is -4.07. The molecule has 1 aromatic heterocycles. The minimum Gasteiger partial charge on any atom is -0.493 e. The average molecular weight is 450 g/mol. The van der Waals surface area contributed by atoms with Crippen molar-refractivity contribution in [3.63, 3.8) is 0 Å². The van der Waals surface area contributed by atoms with Gasteiger partial charge >= 0.3 is 5.97 Å². The number of esters is 1. The van der Waals surface area contributed by atoms with E-state index in [0.29, 0.717) is 23.7 Å². The van der Waals surface area contributed by atoms with Crippen molar-refractivity contribution in [3.05, 3.63) is 83.7 Å². The third kappa shape index (κ3) is 6.70. The largest absolute Gasteiger partial charge is 0.493 e. The number of nitrogens with one attached hydrogen (secondary N) is 1. The Balaban J connectivity index is 1.58. The summed E-state index contributed by atoms with van der Waals surface area (Å²) >= 11 is 0. The highest BCUT2D eigenvalue weighted by Gasteiger charge is 2.15. The van der Waals surface area contributed by atoms with E-state index in [1.807, 2.05) is 43.3 Å². The maximum Gasteiger partial charge on any atom is 0.343 e. The first kappa shape index (κ1) is 23.6. The summed E-state index contributed by atoms with van der Waals surface area (Å²) in [4.78, 5) is 28.1. The van der Waals surface area contributed by atoms with E-state index in [4.69, 9.17) is 14.2 Å². The number of carbonyl (C=O) groups is 2. The molecule has 0 aliphatic heterocycles. The average Bonchev–Trinajstić information content (AvgIpc) is 2.86. The minimum absolute atomic E-state index is 0.230. The SMILES string of the molecule is COC(=O)COc1ccc(C(=O)NC(C)c2ccc(OCc3cccnc3)cc2)cc1OC. The molecule has 3 aromatic rings. The number of rotatable bonds is 10. The number of amides is 1. The van der Waals surface area contributed by atoms with Crippen LogP contribution in [-0.2, 0) is 16.1 Å². The lowest BCUT2D eigenvalue weighted by Gasteiger charge is -2.16. The first-order valence-electron chi connectivity index (χ1n) is 10.3. The van der Waals surface area contributed by atoms with Crippen molar-refractivity contribution in [2.75, 3.05) is 20.8 Å². The Labute approximate surface area is 192 Å². The van der Waals surface area contributed by atoms with Gasteiger partial charge < -0.3 is 24.3 Å². The number of hydrogen-bond acceptors (Lipinski definition) is 7. The number of benzene rings is 2. The monoisotopic (exact) mass is 450 g/mol. The first-order valence-corrected chi connectivity index (χ1v) is 10.3. The molecule has 0 spiro atoms. The zero-order valence-electron chi connectivity index (χ0n) is 18.7. The molecule has 1 unspecified atom stereocenters. The van der Waals surface area contributed by atoms with Crippen molar-refractivity contribution in [2.24, 2.45) is 0 Å². The second kappa shape index (κ2) is 11.5. The topological polar surface area (TPSA) is 96.0 Å². The molecule has 1 N–H and O–H groups in total. The lowest BCUT2D eigenvalue weighted by Crippen LogP contribution is -2.26. The lowest BCUT2D eigenvalue weighted by atomic mass is 10.1. The maximum absolute atomic E-state index is 12.7. The summed E-state index contributed by atoms with van der Waals surface area (Å²) in [5.41, 5.74) is 2.32. The van der Waals surface area contributed by atoms with Gasteiger partial charge in [0, 0.05) is 23.5 Å². The van der Waals surface area contributed by atoms with Crippen LogP contribution in [-0.4, -0.2) is 37.7 Å². The fraction of sp³-hybridized carbons (Fsp3) is 0.240. The van der Waals surface area contributed by atoms with E-state index in [-0.39, 0.29) is 18.6 Å². The highest BCUT2D eigenvalue weighted by Crippen LogP contribution is 2.28. The Kier molecular flexibility index (Phi) is 8.24. The van der Waals surface area contributed by atoms with Crippen LogP contribution in [0.15, 0.2) is 67.0 Å². The van der Waals surface area contributed by atoms with Gasteiger partial charge in [-0.15, -0.1) is 0 Å². The van der Waals surface area contributed by atoms with E-state index in [0.717, 1.165) is 16.9 Å². The van der Waals surface area contributed by atoms with Crippen molar-refractivity contribution in [2.45, 2.75) is 19.6 Å². The Morgan fingerprint density at radius 2 is 1.79 bits per heavy atom. The number of nitrogens with zero attached hydrogens (tertiary/aromatic N) is 1. The Morgan fingerprint density at radius 1 is 1.00 bits per heavy atom. The second-order valence-electron chi connectivity index (χ2n) is 7.14. The molecule has 3 rings (SSSR count). The fourth-order valence-electron chi connectivity index (χ4n) is 2.99. The molecular formula is C25H26N2O6. The molecule has 0 saturated carbocycles. The van der Waals surface area contributed by atoms with Gasteiger partial charge in [-0.05, 0) is 48.9 Å². The molecule has 0 aliphatic carbocycles. The third-order valence-electron chi connectivity index (χ3n) is 4.86. The van der Waals surface area contributed by atoms with Crippen molar-refractivity contribution >= 4 is 11.9 Å². The van der Waals surface area contributed by atoms with Crippen LogP contribution in [0.4, 0.5) is 0 Å². The van der Waals surface area contributed by atoms with Crippen LogP contribution >= 0.6 is 0 Å². The van der Waals surface area contributed by atoms with Gasteiger partial charge in [-0.25, -0.2) is 4.79 Å². The van der Waals surface area contributed by atoms with E-state index in [9.17, 15) is 9.59 Å². The van der Waals surface area contributed by atoms with Crippen LogP contribution < -0.4 is 19.5 Å². The Bertz CT molecular complexity index is 1070. The maximum atomic E-state index is 12.7. The lowest BCUT2D eigenvalue weighted by molar-refractivity contribution is -0.142. The van der Waals surface area contributed by atoms with Gasteiger partial charge in [-0.1, -0.05) is 18.2 Å². The van der Waals surface area contributed by atoms with Gasteiger partial charge in [0.05, 0.1) is 20.3 Å². The number of aromatic nitrogens is 1. The van der Waals surface area contributed by atoms with Gasteiger partial charge in [0.15, 0.2) is 18.1 Å². The van der Waals surface area contributed by atoms with Crippen molar-refractivity contribution < 1.29 is 28.5 Å². The minimum atomic E-state index is -0.513. The van der Waals surface area contributed by atoms with Crippen LogP contribution in [0.5, 0.6) is 17.2 Å². The molecule has 2 aromatic carbocycles. The van der Waals surface area contributed by atoms with Gasteiger partial charge in [-0.2, -0.15) is 0 Å². The summed E-state index contributed by atoms with van der Waals surface area (Å²) in [6.07, 6.45) is 3.48. The van der Waals surface area contributed by atoms with E-state index >= 15 is 0 Å². The predicted molar refractivity (Wildman–Crippen MR) is 121 cm³/mol. The highest BCUT2D eigenvalue weighted by molar-refractivity contribution is 5.95. The molecule has 8 heteroatoms. The molecule has 0 aliphatic rings. The molecule has 8 nitrogen and oxygen atoms in total. The van der Waals surface area contributed by atoms with E-state index in [1.54, 1.807) is 30.6 Å². The molecule has 1 amide bonds.